The predicted octanol–water partition coefficient (Wildman–Crippen LogP) is 2.40. The smallest absolute Gasteiger partial charge is 0.231 e. The molecule has 3 aromatic rings. The Kier molecular flexibility index (Phi) is 6.60. The number of hydrogen-bond donors (Lipinski definition) is 2. The highest BCUT2D eigenvalue weighted by molar-refractivity contribution is 5.76. The molecule has 6 heteroatoms. The molecule has 6 nitrogen and oxygen atoms in total. The quantitative estimate of drug-likeness (QED) is 0.610. The minimum Gasteiger partial charge on any atom is -0.369 e. The molecule has 0 spiro atoms. The molecule has 2 atom stereocenters. The van der Waals surface area contributed by atoms with E-state index in [1.165, 1.54) is 5.56 Å². The highest BCUT2D eigenvalue weighted by atomic mass is 16.1. The molecule has 27 heavy (non-hydrogen) atoms. The van der Waals surface area contributed by atoms with Crippen LogP contribution < -0.4 is 11.1 Å². The molecule has 0 saturated carbocycles. The fourth-order valence-electron chi connectivity index (χ4n) is 3.28. The lowest BCUT2D eigenvalue weighted by Gasteiger charge is -2.29. The van der Waals surface area contributed by atoms with E-state index in [0.717, 1.165) is 24.0 Å². The summed E-state index contributed by atoms with van der Waals surface area (Å²) in [5, 5.41) is 3.34. The van der Waals surface area contributed by atoms with E-state index in [9.17, 15) is 4.79 Å². The van der Waals surface area contributed by atoms with Crippen LogP contribution >= 0.6 is 0 Å². The molecule has 0 aliphatic rings. The average molecular weight is 361 g/mol. The molecule has 0 saturated heterocycles. The van der Waals surface area contributed by atoms with Gasteiger partial charge in [-0.25, -0.2) is 0 Å². The van der Waals surface area contributed by atoms with Gasteiger partial charge in [-0.05, 0) is 65.9 Å². The monoisotopic (exact) mass is 361 g/mol. The van der Waals surface area contributed by atoms with Gasteiger partial charge in [0.1, 0.15) is 0 Å². The number of nitrogens with one attached hydrogen (secondary N) is 1. The number of rotatable bonds is 9. The van der Waals surface area contributed by atoms with Crippen LogP contribution in [-0.2, 0) is 11.2 Å². The highest BCUT2D eigenvalue weighted by Gasteiger charge is 2.25. The third-order valence-electron chi connectivity index (χ3n) is 4.59. The first kappa shape index (κ1) is 18.7. The van der Waals surface area contributed by atoms with Gasteiger partial charge in [-0.2, -0.15) is 0 Å². The van der Waals surface area contributed by atoms with E-state index in [2.05, 4.69) is 20.3 Å². The first-order valence-electron chi connectivity index (χ1n) is 8.94. The van der Waals surface area contributed by atoms with Crippen molar-refractivity contribution in [2.45, 2.75) is 24.8 Å². The number of amides is 1. The predicted molar refractivity (Wildman–Crippen MR) is 104 cm³/mol. The van der Waals surface area contributed by atoms with Crippen molar-refractivity contribution in [3.63, 3.8) is 0 Å². The minimum absolute atomic E-state index is 0.0651. The summed E-state index contributed by atoms with van der Waals surface area (Å²) in [6, 6.07) is 12.0. The molecule has 0 aliphatic heterocycles. The summed E-state index contributed by atoms with van der Waals surface area (Å²) < 4.78 is 0. The Bertz CT molecular complexity index is 827. The van der Waals surface area contributed by atoms with E-state index in [-0.39, 0.29) is 24.4 Å². The highest BCUT2D eigenvalue weighted by Crippen LogP contribution is 2.34. The molecule has 0 aromatic carbocycles. The van der Waals surface area contributed by atoms with Gasteiger partial charge in [0.15, 0.2) is 0 Å². The summed E-state index contributed by atoms with van der Waals surface area (Å²) in [5.74, 6) is -0.236. The van der Waals surface area contributed by atoms with Gasteiger partial charge in [-0.15, -0.1) is 0 Å². The van der Waals surface area contributed by atoms with Crippen LogP contribution in [0.4, 0.5) is 0 Å². The largest absolute Gasteiger partial charge is 0.369 e. The molecular weight excluding hydrogens is 338 g/mol. The van der Waals surface area contributed by atoms with Gasteiger partial charge in [-0.1, -0.05) is 0 Å². The van der Waals surface area contributed by atoms with Crippen LogP contribution in [-0.4, -0.2) is 27.4 Å². The minimum atomic E-state index is -0.378. The number of aryl methyl sites for hydroxylation is 1. The molecule has 0 fully saturated rings. The fraction of sp³-hybridized carbons (Fsp3) is 0.238. The molecule has 0 bridgehead atoms. The number of carbonyl (C=O) groups is 1. The standard InChI is InChI=1S/C21H23N5O/c22-20(27)15-26-21(18-7-13-25-14-8-18)19(17-5-11-24-12-6-17)2-1-16-3-9-23-10-4-16/h3-14,19,21,26H,1-2,15H2,(H2,22,27). The summed E-state index contributed by atoms with van der Waals surface area (Å²) in [5.41, 5.74) is 8.86. The molecule has 1 amide bonds. The van der Waals surface area contributed by atoms with Gasteiger partial charge in [0, 0.05) is 49.1 Å². The van der Waals surface area contributed by atoms with E-state index in [1.54, 1.807) is 24.8 Å². The molecule has 3 rings (SSSR count). The number of nitrogens with zero attached hydrogens (tertiary/aromatic N) is 3. The Morgan fingerprint density at radius 1 is 0.852 bits per heavy atom. The van der Waals surface area contributed by atoms with E-state index >= 15 is 0 Å². The Labute approximate surface area is 158 Å². The topological polar surface area (TPSA) is 93.8 Å². The molecular formula is C21H23N5O. The van der Waals surface area contributed by atoms with E-state index in [0.29, 0.717) is 0 Å². The van der Waals surface area contributed by atoms with Crippen molar-refractivity contribution in [1.29, 1.82) is 0 Å². The van der Waals surface area contributed by atoms with Crippen molar-refractivity contribution in [2.24, 2.45) is 5.73 Å². The molecule has 0 aliphatic carbocycles. The van der Waals surface area contributed by atoms with Crippen LogP contribution in [0.2, 0.25) is 0 Å². The normalized spacial score (nSPS) is 13.0. The number of nitrogens with two attached hydrogens (primary N) is 1. The third-order valence-corrected chi connectivity index (χ3v) is 4.59. The van der Waals surface area contributed by atoms with E-state index in [4.69, 9.17) is 5.73 Å². The van der Waals surface area contributed by atoms with Crippen LogP contribution in [0.3, 0.4) is 0 Å². The fourth-order valence-corrected chi connectivity index (χ4v) is 3.28. The molecule has 2 unspecified atom stereocenters. The number of primary amides is 1. The van der Waals surface area contributed by atoms with Crippen LogP contribution in [0.25, 0.3) is 0 Å². The van der Waals surface area contributed by atoms with Gasteiger partial charge in [0.25, 0.3) is 0 Å². The first-order chi connectivity index (χ1) is 13.2. The second kappa shape index (κ2) is 9.54. The zero-order chi connectivity index (χ0) is 18.9. The van der Waals surface area contributed by atoms with Crippen molar-refractivity contribution < 1.29 is 4.79 Å². The summed E-state index contributed by atoms with van der Waals surface area (Å²) in [7, 11) is 0. The van der Waals surface area contributed by atoms with Crippen LogP contribution in [0.1, 0.15) is 35.1 Å². The first-order valence-corrected chi connectivity index (χ1v) is 8.94. The number of aromatic nitrogens is 3. The van der Waals surface area contributed by atoms with Crippen molar-refractivity contribution in [2.75, 3.05) is 6.54 Å². The van der Waals surface area contributed by atoms with Gasteiger partial charge < -0.3 is 11.1 Å². The summed E-state index contributed by atoms with van der Waals surface area (Å²) in [6.45, 7) is 0.115. The molecule has 0 radical (unpaired) electrons. The van der Waals surface area contributed by atoms with Crippen molar-refractivity contribution in [3.05, 3.63) is 90.3 Å². The summed E-state index contributed by atoms with van der Waals surface area (Å²) in [6.07, 6.45) is 12.5. The van der Waals surface area contributed by atoms with Gasteiger partial charge in [-0.3, -0.25) is 19.7 Å². The second-order valence-corrected chi connectivity index (χ2v) is 6.39. The maximum absolute atomic E-state index is 11.4. The lowest BCUT2D eigenvalue weighted by Crippen LogP contribution is -2.35. The maximum atomic E-state index is 11.4. The number of pyridine rings is 3. The average Bonchev–Trinajstić information content (AvgIpc) is 2.72. The number of carbonyl (C=O) groups excluding carboxylic acids is 1. The Morgan fingerprint density at radius 3 is 1.93 bits per heavy atom. The van der Waals surface area contributed by atoms with E-state index in [1.807, 2.05) is 48.8 Å². The Balaban J connectivity index is 1.90. The summed E-state index contributed by atoms with van der Waals surface area (Å²) in [4.78, 5) is 23.7. The van der Waals surface area contributed by atoms with Crippen molar-refractivity contribution in [1.82, 2.24) is 20.3 Å². The van der Waals surface area contributed by atoms with Gasteiger partial charge in [0.05, 0.1) is 6.54 Å². The lowest BCUT2D eigenvalue weighted by molar-refractivity contribution is -0.117. The van der Waals surface area contributed by atoms with Crippen molar-refractivity contribution in [3.8, 4) is 0 Å². The van der Waals surface area contributed by atoms with Gasteiger partial charge >= 0.3 is 0 Å². The van der Waals surface area contributed by atoms with Crippen LogP contribution in [0.5, 0.6) is 0 Å². The zero-order valence-electron chi connectivity index (χ0n) is 15.0. The molecule has 3 aromatic heterocycles. The molecule has 138 valence electrons. The van der Waals surface area contributed by atoms with Crippen LogP contribution in [0.15, 0.2) is 73.6 Å². The zero-order valence-corrected chi connectivity index (χ0v) is 15.0. The molecule has 3 N–H and O–H groups in total. The third kappa shape index (κ3) is 5.43. The Hall–Kier alpha value is -3.12. The Morgan fingerprint density at radius 2 is 1.37 bits per heavy atom. The maximum Gasteiger partial charge on any atom is 0.231 e. The lowest BCUT2D eigenvalue weighted by atomic mass is 9.83. The van der Waals surface area contributed by atoms with Gasteiger partial charge in [0.2, 0.25) is 5.91 Å². The summed E-state index contributed by atoms with van der Waals surface area (Å²) >= 11 is 0. The van der Waals surface area contributed by atoms with Crippen molar-refractivity contribution >= 4 is 5.91 Å². The number of hydrogen-bond acceptors (Lipinski definition) is 5. The second-order valence-electron chi connectivity index (χ2n) is 6.39. The van der Waals surface area contributed by atoms with Crippen LogP contribution in [0, 0.1) is 0 Å². The van der Waals surface area contributed by atoms with E-state index < -0.39 is 0 Å². The SMILES string of the molecule is NC(=O)CNC(c1ccncc1)C(CCc1ccncc1)c1ccncc1. The molecule has 3 heterocycles.